The van der Waals surface area contributed by atoms with Crippen LogP contribution in [0.5, 0.6) is 0 Å². The molecule has 0 heterocycles. The fourth-order valence-corrected chi connectivity index (χ4v) is 7.82. The van der Waals surface area contributed by atoms with Crippen molar-refractivity contribution in [1.82, 2.24) is 0 Å². The van der Waals surface area contributed by atoms with Crippen molar-refractivity contribution >= 4 is 19.8 Å². The van der Waals surface area contributed by atoms with Gasteiger partial charge in [-0.05, 0) is 51.4 Å². The second-order valence-electron chi connectivity index (χ2n) is 16.2. The zero-order chi connectivity index (χ0) is 45.7. The van der Waals surface area contributed by atoms with Gasteiger partial charge in [-0.3, -0.25) is 18.6 Å². The summed E-state index contributed by atoms with van der Waals surface area (Å²) < 4.78 is 33.5. The summed E-state index contributed by atoms with van der Waals surface area (Å²) in [6.07, 6.45) is 32.8. The topological polar surface area (TPSA) is 210 Å². The lowest BCUT2D eigenvalue weighted by atomic mass is 9.85. The van der Waals surface area contributed by atoms with E-state index in [2.05, 4.69) is 62.5 Å². The van der Waals surface area contributed by atoms with Crippen LogP contribution in [-0.2, 0) is 32.7 Å². The molecule has 8 atom stereocenters. The monoisotopic (exact) mass is 899 g/mol. The van der Waals surface area contributed by atoms with Crippen LogP contribution in [0.1, 0.15) is 174 Å². The molecule has 0 radical (unpaired) electrons. The van der Waals surface area contributed by atoms with Gasteiger partial charge in [0, 0.05) is 12.8 Å². The van der Waals surface area contributed by atoms with Gasteiger partial charge in [0.15, 0.2) is 6.10 Å². The molecule has 0 aromatic carbocycles. The number of phosphoric acid groups is 1. The molecular weight excluding hydrogens is 815 g/mol. The number of aliphatic hydroxyl groups is 5. The first kappa shape index (κ1) is 57.6. The maximum atomic E-state index is 12.8. The minimum absolute atomic E-state index is 0.0177. The maximum Gasteiger partial charge on any atom is 0.472 e. The molecule has 14 heteroatoms. The van der Waals surface area contributed by atoms with E-state index in [4.69, 9.17) is 18.5 Å². The third-order valence-corrected chi connectivity index (χ3v) is 11.6. The fourth-order valence-electron chi connectivity index (χ4n) is 6.85. The molecule has 13 nitrogen and oxygen atoms in total. The smallest absolute Gasteiger partial charge is 0.462 e. The van der Waals surface area contributed by atoms with Crippen LogP contribution in [0.25, 0.3) is 0 Å². The standard InChI is InChI=1S/C48H83O13P/c1-3-5-7-9-11-13-15-17-19-21-23-25-27-29-31-33-35-37-42(50)60-40(39-59-62(56,57)61-48-46(54)44(52)43(51)45(53)47(48)55)38-58-41(49)36-34-32-30-28-26-24-22-20-18-16-14-12-10-8-6-4-2/h5,7,11,13,17,19,23,25,29,31,40,43-48,51-55H,3-4,6,8-10,12,14-16,18,20-22,24,26-28,30,32-39H2,1-2H3,(H,56,57)/b7-5-,13-11-,19-17-,25-23-,31-29-/t40-,43?,44-,45?,46?,47?,48?/m1/s1. The van der Waals surface area contributed by atoms with Crippen molar-refractivity contribution in [2.24, 2.45) is 0 Å². The number of aliphatic hydroxyl groups excluding tert-OH is 5. The molecule has 0 amide bonds. The summed E-state index contributed by atoms with van der Waals surface area (Å²) in [5.41, 5.74) is 0. The highest BCUT2D eigenvalue weighted by atomic mass is 31.2. The van der Waals surface area contributed by atoms with Crippen molar-refractivity contribution in [3.63, 3.8) is 0 Å². The number of hydrogen-bond donors (Lipinski definition) is 6. The second-order valence-corrected chi connectivity index (χ2v) is 17.6. The average Bonchev–Trinajstić information content (AvgIpc) is 3.25. The van der Waals surface area contributed by atoms with Crippen molar-refractivity contribution < 1.29 is 63.1 Å². The van der Waals surface area contributed by atoms with Gasteiger partial charge in [0.05, 0.1) is 6.61 Å². The summed E-state index contributed by atoms with van der Waals surface area (Å²) in [7, 11) is -5.13. The predicted molar refractivity (Wildman–Crippen MR) is 244 cm³/mol. The van der Waals surface area contributed by atoms with Gasteiger partial charge in [-0.2, -0.15) is 0 Å². The van der Waals surface area contributed by atoms with Crippen LogP contribution in [0.15, 0.2) is 60.8 Å². The molecule has 0 spiro atoms. The lowest BCUT2D eigenvalue weighted by Crippen LogP contribution is -2.64. The van der Waals surface area contributed by atoms with Gasteiger partial charge >= 0.3 is 19.8 Å². The van der Waals surface area contributed by atoms with Gasteiger partial charge in [0.25, 0.3) is 0 Å². The van der Waals surface area contributed by atoms with Crippen molar-refractivity contribution in [3.8, 4) is 0 Å². The number of carbonyl (C=O) groups excluding carboxylic acids is 2. The van der Waals surface area contributed by atoms with E-state index in [1.165, 1.54) is 77.0 Å². The van der Waals surface area contributed by atoms with Crippen molar-refractivity contribution in [3.05, 3.63) is 60.8 Å². The summed E-state index contributed by atoms with van der Waals surface area (Å²) in [6.45, 7) is 3.14. The van der Waals surface area contributed by atoms with Gasteiger partial charge in [0.2, 0.25) is 0 Å². The number of unbranched alkanes of at least 4 members (excludes halogenated alkanes) is 16. The van der Waals surface area contributed by atoms with Crippen LogP contribution in [-0.4, -0.2) is 98.3 Å². The molecule has 1 fully saturated rings. The summed E-state index contributed by atoms with van der Waals surface area (Å²) in [4.78, 5) is 35.7. The number of carbonyl (C=O) groups is 2. The minimum atomic E-state index is -5.13. The summed E-state index contributed by atoms with van der Waals surface area (Å²) in [5, 5.41) is 50.2. The van der Waals surface area contributed by atoms with E-state index in [-0.39, 0.29) is 12.8 Å². The first-order valence-corrected chi connectivity index (χ1v) is 25.1. The Morgan fingerprint density at radius 2 is 0.919 bits per heavy atom. The number of allylic oxidation sites excluding steroid dienone is 10. The van der Waals surface area contributed by atoms with E-state index in [1.807, 2.05) is 12.2 Å². The Bertz CT molecular complexity index is 1320. The predicted octanol–water partition coefficient (Wildman–Crippen LogP) is 9.33. The van der Waals surface area contributed by atoms with E-state index in [1.54, 1.807) is 0 Å². The molecule has 1 aliphatic rings. The molecule has 0 aliphatic heterocycles. The molecular formula is C48H83O13P. The SMILES string of the molecule is CC/C=C\C/C=C\C/C=C\C/C=C\C/C=C\CCCC(=O)O[C@H](COC(=O)CCCCCCCCCCCCCCCCCC)COP(=O)(O)OC1C(O)C(O)C(O)[C@@H](O)C1O. The van der Waals surface area contributed by atoms with E-state index < -0.39 is 75.7 Å². The average molecular weight is 899 g/mol. The van der Waals surface area contributed by atoms with E-state index in [0.29, 0.717) is 19.3 Å². The Morgan fingerprint density at radius 3 is 1.39 bits per heavy atom. The molecule has 6 N–H and O–H groups in total. The van der Waals surface area contributed by atoms with Crippen molar-refractivity contribution in [2.75, 3.05) is 13.2 Å². The Kier molecular flexibility index (Phi) is 35.2. The maximum absolute atomic E-state index is 12.8. The number of rotatable bonds is 38. The highest BCUT2D eigenvalue weighted by molar-refractivity contribution is 7.47. The molecule has 1 saturated carbocycles. The number of hydrogen-bond acceptors (Lipinski definition) is 12. The first-order chi connectivity index (χ1) is 29.9. The second kappa shape index (κ2) is 37.9. The van der Waals surface area contributed by atoms with Gasteiger partial charge in [0.1, 0.15) is 43.2 Å². The number of phosphoric ester groups is 1. The van der Waals surface area contributed by atoms with Crippen LogP contribution in [0.2, 0.25) is 0 Å². The van der Waals surface area contributed by atoms with Crippen molar-refractivity contribution in [2.45, 2.75) is 217 Å². The van der Waals surface area contributed by atoms with Gasteiger partial charge in [-0.15, -0.1) is 0 Å². The quantitative estimate of drug-likeness (QED) is 0.0148. The Balaban J connectivity index is 2.49. The van der Waals surface area contributed by atoms with Gasteiger partial charge in [-0.1, -0.05) is 171 Å². The zero-order valence-corrected chi connectivity index (χ0v) is 38.8. The minimum Gasteiger partial charge on any atom is -0.462 e. The first-order valence-electron chi connectivity index (χ1n) is 23.6. The summed E-state index contributed by atoms with van der Waals surface area (Å²) in [6, 6.07) is 0. The molecule has 0 saturated heterocycles. The molecule has 1 rings (SSSR count). The van der Waals surface area contributed by atoms with E-state index >= 15 is 0 Å². The third kappa shape index (κ3) is 29.8. The van der Waals surface area contributed by atoms with Gasteiger partial charge in [-0.25, -0.2) is 4.57 Å². The lowest BCUT2D eigenvalue weighted by Gasteiger charge is -2.41. The molecule has 62 heavy (non-hydrogen) atoms. The Labute approximate surface area is 373 Å². The molecule has 358 valence electrons. The molecule has 0 aromatic heterocycles. The number of esters is 2. The molecule has 0 bridgehead atoms. The van der Waals surface area contributed by atoms with Crippen molar-refractivity contribution in [1.29, 1.82) is 0 Å². The van der Waals surface area contributed by atoms with Crippen LogP contribution in [0, 0.1) is 0 Å². The van der Waals surface area contributed by atoms with Crippen LogP contribution >= 0.6 is 7.82 Å². The summed E-state index contributed by atoms with van der Waals surface area (Å²) >= 11 is 0. The van der Waals surface area contributed by atoms with Crippen LogP contribution < -0.4 is 0 Å². The lowest BCUT2D eigenvalue weighted by molar-refractivity contribution is -0.220. The normalized spacial score (nSPS) is 22.4. The summed E-state index contributed by atoms with van der Waals surface area (Å²) in [5.74, 6) is -1.17. The Hall–Kier alpha value is -2.45. The number of ether oxygens (including phenoxy) is 2. The zero-order valence-electron chi connectivity index (χ0n) is 37.9. The van der Waals surface area contributed by atoms with E-state index in [9.17, 15) is 44.6 Å². The molecule has 6 unspecified atom stereocenters. The van der Waals surface area contributed by atoms with Crippen LogP contribution in [0.3, 0.4) is 0 Å². The fraction of sp³-hybridized carbons (Fsp3) is 0.750. The largest absolute Gasteiger partial charge is 0.472 e. The Morgan fingerprint density at radius 1 is 0.516 bits per heavy atom. The molecule has 1 aliphatic carbocycles. The third-order valence-electron chi connectivity index (χ3n) is 10.6. The van der Waals surface area contributed by atoms with E-state index in [0.717, 1.165) is 51.4 Å². The van der Waals surface area contributed by atoms with Gasteiger partial charge < -0.3 is 39.9 Å². The molecule has 0 aromatic rings. The highest BCUT2D eigenvalue weighted by Crippen LogP contribution is 2.47. The van der Waals surface area contributed by atoms with Crippen LogP contribution in [0.4, 0.5) is 0 Å². The highest BCUT2D eigenvalue weighted by Gasteiger charge is 2.51.